The SMILES string of the molecule is CCCCCCCCCCCC(=O)c1ccc(O)cc1. The predicted molar refractivity (Wildman–Crippen MR) is 84.3 cm³/mol. The van der Waals surface area contributed by atoms with E-state index in [9.17, 15) is 9.90 Å². The van der Waals surface area contributed by atoms with E-state index in [-0.39, 0.29) is 11.5 Å². The van der Waals surface area contributed by atoms with E-state index < -0.39 is 0 Å². The molecule has 2 nitrogen and oxygen atoms in total. The van der Waals surface area contributed by atoms with Crippen LogP contribution < -0.4 is 0 Å². The Morgan fingerprint density at radius 1 is 0.850 bits per heavy atom. The van der Waals surface area contributed by atoms with Crippen LogP contribution in [0.1, 0.15) is 81.5 Å². The molecule has 1 aromatic carbocycles. The fourth-order valence-corrected chi connectivity index (χ4v) is 2.39. The predicted octanol–water partition coefficient (Wildman–Crippen LogP) is 5.50. The van der Waals surface area contributed by atoms with Crippen molar-refractivity contribution in [3.63, 3.8) is 0 Å². The zero-order valence-corrected chi connectivity index (χ0v) is 12.7. The van der Waals surface area contributed by atoms with Gasteiger partial charge in [-0.15, -0.1) is 0 Å². The molecule has 0 atom stereocenters. The Morgan fingerprint density at radius 3 is 1.90 bits per heavy atom. The minimum absolute atomic E-state index is 0.188. The molecule has 0 amide bonds. The second-order valence-electron chi connectivity index (χ2n) is 5.55. The molecule has 1 rings (SSSR count). The Labute approximate surface area is 123 Å². The highest BCUT2D eigenvalue weighted by atomic mass is 16.3. The number of Topliss-reactive ketones (excluding diaryl/α,β-unsaturated/α-hetero) is 1. The number of ketones is 1. The van der Waals surface area contributed by atoms with Crippen LogP contribution in [0, 0.1) is 0 Å². The van der Waals surface area contributed by atoms with E-state index in [1.807, 2.05) is 0 Å². The zero-order valence-electron chi connectivity index (χ0n) is 12.7. The number of rotatable bonds is 11. The van der Waals surface area contributed by atoms with Crippen molar-refractivity contribution in [2.45, 2.75) is 71.1 Å². The summed E-state index contributed by atoms with van der Waals surface area (Å²) in [4.78, 5) is 11.9. The number of carbonyl (C=O) groups is 1. The van der Waals surface area contributed by atoms with Crippen LogP contribution in [0.25, 0.3) is 0 Å². The Balaban J connectivity index is 2.01. The highest BCUT2D eigenvalue weighted by Crippen LogP contribution is 2.14. The van der Waals surface area contributed by atoms with Crippen LogP contribution in [-0.4, -0.2) is 10.9 Å². The summed E-state index contributed by atoms with van der Waals surface area (Å²) in [6.45, 7) is 2.24. The zero-order chi connectivity index (χ0) is 14.6. The summed E-state index contributed by atoms with van der Waals surface area (Å²) in [5.41, 5.74) is 0.711. The van der Waals surface area contributed by atoms with Crippen molar-refractivity contribution in [2.24, 2.45) is 0 Å². The maximum atomic E-state index is 11.9. The van der Waals surface area contributed by atoms with Gasteiger partial charge in [0.05, 0.1) is 0 Å². The smallest absolute Gasteiger partial charge is 0.162 e. The fraction of sp³-hybridized carbons (Fsp3) is 0.611. The number of hydrogen-bond donors (Lipinski definition) is 1. The second kappa shape index (κ2) is 10.5. The lowest BCUT2D eigenvalue weighted by Crippen LogP contribution is -1.98. The van der Waals surface area contributed by atoms with Crippen LogP contribution in [0.5, 0.6) is 5.75 Å². The summed E-state index contributed by atoms with van der Waals surface area (Å²) in [5, 5.41) is 9.18. The number of phenolic OH excluding ortho intramolecular Hbond substituents is 1. The minimum atomic E-state index is 0.188. The first-order valence-electron chi connectivity index (χ1n) is 8.06. The van der Waals surface area contributed by atoms with Gasteiger partial charge in [-0.1, -0.05) is 58.3 Å². The lowest BCUT2D eigenvalue weighted by atomic mass is 10.0. The molecule has 1 N–H and O–H groups in total. The highest BCUT2D eigenvalue weighted by molar-refractivity contribution is 5.96. The largest absolute Gasteiger partial charge is 0.508 e. The molecule has 0 saturated heterocycles. The summed E-state index contributed by atoms with van der Waals surface area (Å²) >= 11 is 0. The Kier molecular flexibility index (Phi) is 8.77. The van der Waals surface area contributed by atoms with Gasteiger partial charge in [-0.05, 0) is 30.7 Å². The molecule has 0 spiro atoms. The van der Waals surface area contributed by atoms with Crippen LogP contribution in [0.4, 0.5) is 0 Å². The maximum absolute atomic E-state index is 11.9. The third-order valence-electron chi connectivity index (χ3n) is 3.70. The van der Waals surface area contributed by atoms with Crippen molar-refractivity contribution in [3.8, 4) is 5.75 Å². The average Bonchev–Trinajstić information content (AvgIpc) is 2.46. The first-order valence-corrected chi connectivity index (χ1v) is 8.06. The van der Waals surface area contributed by atoms with Gasteiger partial charge < -0.3 is 5.11 Å². The molecule has 0 radical (unpaired) electrons. The third kappa shape index (κ3) is 7.32. The van der Waals surface area contributed by atoms with E-state index in [0.29, 0.717) is 12.0 Å². The molecule has 0 aromatic heterocycles. The molecule has 0 bridgehead atoms. The fourth-order valence-electron chi connectivity index (χ4n) is 2.39. The van der Waals surface area contributed by atoms with Gasteiger partial charge in [-0.2, -0.15) is 0 Å². The lowest BCUT2D eigenvalue weighted by molar-refractivity contribution is 0.0979. The van der Waals surface area contributed by atoms with Crippen molar-refractivity contribution in [1.82, 2.24) is 0 Å². The number of unbranched alkanes of at least 4 members (excludes halogenated alkanes) is 8. The maximum Gasteiger partial charge on any atom is 0.162 e. The quantitative estimate of drug-likeness (QED) is 0.428. The van der Waals surface area contributed by atoms with Crippen molar-refractivity contribution in [1.29, 1.82) is 0 Å². The van der Waals surface area contributed by atoms with Gasteiger partial charge in [0.15, 0.2) is 5.78 Å². The van der Waals surface area contributed by atoms with Gasteiger partial charge in [-0.3, -0.25) is 4.79 Å². The number of benzene rings is 1. The number of phenols is 1. The summed E-state index contributed by atoms with van der Waals surface area (Å²) in [6.07, 6.45) is 12.0. The van der Waals surface area contributed by atoms with Crippen LogP contribution in [0.3, 0.4) is 0 Å². The molecule has 0 aliphatic rings. The van der Waals surface area contributed by atoms with E-state index in [0.717, 1.165) is 12.8 Å². The van der Waals surface area contributed by atoms with Gasteiger partial charge in [-0.25, -0.2) is 0 Å². The summed E-state index contributed by atoms with van der Waals surface area (Å²) < 4.78 is 0. The van der Waals surface area contributed by atoms with Crippen molar-refractivity contribution in [3.05, 3.63) is 29.8 Å². The molecular weight excluding hydrogens is 248 g/mol. The highest BCUT2D eigenvalue weighted by Gasteiger charge is 2.05. The molecule has 0 unspecified atom stereocenters. The molecule has 0 saturated carbocycles. The summed E-state index contributed by atoms with van der Waals surface area (Å²) in [5.74, 6) is 0.401. The molecule has 112 valence electrons. The van der Waals surface area contributed by atoms with Crippen LogP contribution >= 0.6 is 0 Å². The third-order valence-corrected chi connectivity index (χ3v) is 3.70. The normalized spacial score (nSPS) is 10.7. The summed E-state index contributed by atoms with van der Waals surface area (Å²) in [6, 6.07) is 6.55. The second-order valence-corrected chi connectivity index (χ2v) is 5.55. The molecular formula is C18H28O2. The minimum Gasteiger partial charge on any atom is -0.508 e. The van der Waals surface area contributed by atoms with Gasteiger partial charge in [0.2, 0.25) is 0 Å². The Morgan fingerprint density at radius 2 is 1.35 bits per heavy atom. The molecule has 0 heterocycles. The molecule has 0 fully saturated rings. The van der Waals surface area contributed by atoms with Crippen LogP contribution in [-0.2, 0) is 0 Å². The number of carbonyl (C=O) groups excluding carboxylic acids is 1. The van der Waals surface area contributed by atoms with Crippen molar-refractivity contribution in [2.75, 3.05) is 0 Å². The number of hydrogen-bond acceptors (Lipinski definition) is 2. The topological polar surface area (TPSA) is 37.3 Å². The van der Waals surface area contributed by atoms with Gasteiger partial charge in [0, 0.05) is 12.0 Å². The monoisotopic (exact) mass is 276 g/mol. The molecule has 0 aliphatic carbocycles. The van der Waals surface area contributed by atoms with Gasteiger partial charge in [0.1, 0.15) is 5.75 Å². The Hall–Kier alpha value is -1.31. The molecule has 0 aliphatic heterocycles. The van der Waals surface area contributed by atoms with E-state index in [1.165, 1.54) is 44.9 Å². The van der Waals surface area contributed by atoms with Crippen LogP contribution in [0.2, 0.25) is 0 Å². The van der Waals surface area contributed by atoms with Crippen LogP contribution in [0.15, 0.2) is 24.3 Å². The van der Waals surface area contributed by atoms with E-state index in [1.54, 1.807) is 24.3 Å². The molecule has 20 heavy (non-hydrogen) atoms. The molecule has 1 aromatic rings. The van der Waals surface area contributed by atoms with E-state index in [2.05, 4.69) is 6.92 Å². The van der Waals surface area contributed by atoms with Crippen molar-refractivity contribution >= 4 is 5.78 Å². The Bertz CT molecular complexity index is 368. The standard InChI is InChI=1S/C18H28O2/c1-2-3-4-5-6-7-8-9-10-11-18(20)16-12-14-17(19)15-13-16/h12-15,19H,2-11H2,1H3. The lowest BCUT2D eigenvalue weighted by Gasteiger charge is -2.03. The van der Waals surface area contributed by atoms with Gasteiger partial charge in [0.25, 0.3) is 0 Å². The first kappa shape index (κ1) is 16.7. The van der Waals surface area contributed by atoms with Crippen molar-refractivity contribution < 1.29 is 9.90 Å². The van der Waals surface area contributed by atoms with Gasteiger partial charge >= 0.3 is 0 Å². The molecule has 2 heteroatoms. The van der Waals surface area contributed by atoms with E-state index in [4.69, 9.17) is 0 Å². The average molecular weight is 276 g/mol. The summed E-state index contributed by atoms with van der Waals surface area (Å²) in [7, 11) is 0. The van der Waals surface area contributed by atoms with E-state index >= 15 is 0 Å². The number of aromatic hydroxyl groups is 1. The first-order chi connectivity index (χ1) is 9.74.